The molecular formula is C26H38N2O. The van der Waals surface area contributed by atoms with Crippen LogP contribution in [0.2, 0.25) is 0 Å². The van der Waals surface area contributed by atoms with Crippen LogP contribution in [0.3, 0.4) is 0 Å². The molecule has 2 atom stereocenters. The van der Waals surface area contributed by atoms with Crippen LogP contribution in [0.5, 0.6) is 5.75 Å². The molecule has 3 heteroatoms. The molecule has 0 bridgehead atoms. The summed E-state index contributed by atoms with van der Waals surface area (Å²) >= 11 is 0. The van der Waals surface area contributed by atoms with Crippen molar-refractivity contribution in [2.75, 3.05) is 20.2 Å². The standard InChI is InChI=1S/C26H38N2O/c1-3-17-27-20-23-16-15-22(25-14-9-18-28-26(23)25)12-7-5-4-6-10-21-11-8-13-24(19-21)29-2/h8-9,11,13-14,18-19,22-23,27H,3-7,10,12,15-17,20H2,1-2H3. The van der Waals surface area contributed by atoms with Gasteiger partial charge in [0.1, 0.15) is 5.75 Å². The Morgan fingerprint density at radius 2 is 1.90 bits per heavy atom. The van der Waals surface area contributed by atoms with Crippen LogP contribution in [0, 0.1) is 0 Å². The van der Waals surface area contributed by atoms with Gasteiger partial charge >= 0.3 is 0 Å². The predicted molar refractivity (Wildman–Crippen MR) is 122 cm³/mol. The number of nitrogens with one attached hydrogen (secondary N) is 1. The fourth-order valence-corrected chi connectivity index (χ4v) is 4.66. The van der Waals surface area contributed by atoms with Gasteiger partial charge in [-0.1, -0.05) is 44.4 Å². The quantitative estimate of drug-likeness (QED) is 0.432. The molecule has 0 saturated carbocycles. The second kappa shape index (κ2) is 12.0. The highest BCUT2D eigenvalue weighted by atomic mass is 16.5. The van der Waals surface area contributed by atoms with E-state index in [1.165, 1.54) is 68.2 Å². The Bertz CT molecular complexity index is 730. The molecule has 1 aliphatic carbocycles. The molecule has 1 N–H and O–H groups in total. The number of aromatic nitrogens is 1. The second-order valence-electron chi connectivity index (χ2n) is 8.46. The van der Waals surface area contributed by atoms with E-state index in [2.05, 4.69) is 42.6 Å². The van der Waals surface area contributed by atoms with E-state index >= 15 is 0 Å². The van der Waals surface area contributed by atoms with Gasteiger partial charge in [0, 0.05) is 24.4 Å². The van der Waals surface area contributed by atoms with Crippen molar-refractivity contribution in [3.05, 3.63) is 59.4 Å². The molecule has 2 unspecified atom stereocenters. The number of pyridine rings is 1. The monoisotopic (exact) mass is 394 g/mol. The molecule has 0 spiro atoms. The maximum Gasteiger partial charge on any atom is 0.119 e. The topological polar surface area (TPSA) is 34.1 Å². The zero-order valence-electron chi connectivity index (χ0n) is 18.3. The lowest BCUT2D eigenvalue weighted by atomic mass is 9.77. The lowest BCUT2D eigenvalue weighted by molar-refractivity contribution is 0.414. The van der Waals surface area contributed by atoms with Gasteiger partial charge in [-0.3, -0.25) is 4.98 Å². The molecule has 1 aromatic carbocycles. The molecule has 29 heavy (non-hydrogen) atoms. The van der Waals surface area contributed by atoms with Gasteiger partial charge in [0.25, 0.3) is 0 Å². The Hall–Kier alpha value is -1.87. The van der Waals surface area contributed by atoms with Crippen molar-refractivity contribution in [3.63, 3.8) is 0 Å². The number of nitrogens with zero attached hydrogens (tertiary/aromatic N) is 1. The minimum atomic E-state index is 0.594. The van der Waals surface area contributed by atoms with Crippen molar-refractivity contribution in [2.45, 2.75) is 76.5 Å². The number of methoxy groups -OCH3 is 1. The summed E-state index contributed by atoms with van der Waals surface area (Å²) in [6, 6.07) is 12.9. The maximum atomic E-state index is 5.32. The lowest BCUT2D eigenvalue weighted by Gasteiger charge is -2.31. The predicted octanol–water partition coefficient (Wildman–Crippen LogP) is 6.24. The van der Waals surface area contributed by atoms with E-state index in [1.807, 2.05) is 12.3 Å². The fourth-order valence-electron chi connectivity index (χ4n) is 4.66. The molecule has 3 rings (SSSR count). The maximum absolute atomic E-state index is 5.32. The highest BCUT2D eigenvalue weighted by molar-refractivity contribution is 5.30. The first kappa shape index (κ1) is 21.8. The first-order valence-electron chi connectivity index (χ1n) is 11.6. The number of unbranched alkanes of at least 4 members (excludes halogenated alkanes) is 3. The zero-order chi connectivity index (χ0) is 20.3. The van der Waals surface area contributed by atoms with Gasteiger partial charge in [0.2, 0.25) is 0 Å². The fraction of sp³-hybridized carbons (Fsp3) is 0.577. The van der Waals surface area contributed by atoms with Gasteiger partial charge in [0.05, 0.1) is 7.11 Å². The third-order valence-corrected chi connectivity index (χ3v) is 6.28. The van der Waals surface area contributed by atoms with Crippen LogP contribution >= 0.6 is 0 Å². The Kier molecular flexibility index (Phi) is 9.01. The van der Waals surface area contributed by atoms with E-state index in [-0.39, 0.29) is 0 Å². The lowest BCUT2D eigenvalue weighted by Crippen LogP contribution is -2.27. The summed E-state index contributed by atoms with van der Waals surface area (Å²) in [5.74, 6) is 2.27. The van der Waals surface area contributed by atoms with Crippen LogP contribution in [0.4, 0.5) is 0 Å². The van der Waals surface area contributed by atoms with E-state index in [0.717, 1.165) is 25.3 Å². The largest absolute Gasteiger partial charge is 0.497 e. The molecule has 0 radical (unpaired) electrons. The van der Waals surface area contributed by atoms with Crippen LogP contribution in [0.25, 0.3) is 0 Å². The first-order chi connectivity index (χ1) is 14.3. The minimum Gasteiger partial charge on any atom is -0.497 e. The van der Waals surface area contributed by atoms with Crippen molar-refractivity contribution >= 4 is 0 Å². The Balaban J connectivity index is 1.40. The van der Waals surface area contributed by atoms with E-state index in [9.17, 15) is 0 Å². The molecule has 2 aromatic rings. The third-order valence-electron chi connectivity index (χ3n) is 6.28. The molecule has 0 fully saturated rings. The van der Waals surface area contributed by atoms with Crippen molar-refractivity contribution < 1.29 is 4.74 Å². The summed E-state index contributed by atoms with van der Waals surface area (Å²) < 4.78 is 5.32. The number of ether oxygens (including phenoxy) is 1. The van der Waals surface area contributed by atoms with E-state index in [1.54, 1.807) is 7.11 Å². The van der Waals surface area contributed by atoms with Gasteiger partial charge < -0.3 is 10.1 Å². The smallest absolute Gasteiger partial charge is 0.119 e. The van der Waals surface area contributed by atoms with Crippen LogP contribution in [-0.4, -0.2) is 25.2 Å². The number of benzene rings is 1. The second-order valence-corrected chi connectivity index (χ2v) is 8.46. The van der Waals surface area contributed by atoms with Crippen molar-refractivity contribution in [1.29, 1.82) is 0 Å². The summed E-state index contributed by atoms with van der Waals surface area (Å²) in [4.78, 5) is 4.78. The Morgan fingerprint density at radius 1 is 1.03 bits per heavy atom. The van der Waals surface area contributed by atoms with Crippen LogP contribution < -0.4 is 10.1 Å². The molecule has 1 aromatic heterocycles. The van der Waals surface area contributed by atoms with Crippen LogP contribution in [0.1, 0.15) is 86.9 Å². The van der Waals surface area contributed by atoms with Crippen molar-refractivity contribution in [3.8, 4) is 5.75 Å². The number of aryl methyl sites for hydroxylation is 1. The molecule has 0 amide bonds. The zero-order valence-corrected chi connectivity index (χ0v) is 18.3. The molecular weight excluding hydrogens is 356 g/mol. The van der Waals surface area contributed by atoms with E-state index < -0.39 is 0 Å². The SMILES string of the molecule is CCCNCC1CCC(CCCCCCc2cccc(OC)c2)c2cccnc21. The Labute approximate surface area is 177 Å². The molecule has 1 aliphatic rings. The van der Waals surface area contributed by atoms with Crippen molar-refractivity contribution in [2.24, 2.45) is 0 Å². The average Bonchev–Trinajstić information content (AvgIpc) is 2.77. The average molecular weight is 395 g/mol. The van der Waals surface area contributed by atoms with Gasteiger partial charge in [-0.15, -0.1) is 0 Å². The molecule has 0 aliphatic heterocycles. The van der Waals surface area contributed by atoms with Gasteiger partial charge in [-0.25, -0.2) is 0 Å². The summed E-state index contributed by atoms with van der Waals surface area (Å²) in [5.41, 5.74) is 4.28. The highest BCUT2D eigenvalue weighted by Crippen LogP contribution is 2.39. The first-order valence-corrected chi connectivity index (χ1v) is 11.6. The van der Waals surface area contributed by atoms with Gasteiger partial charge in [0.15, 0.2) is 0 Å². The number of hydrogen-bond donors (Lipinski definition) is 1. The van der Waals surface area contributed by atoms with Crippen LogP contribution in [-0.2, 0) is 6.42 Å². The van der Waals surface area contributed by atoms with Crippen molar-refractivity contribution in [1.82, 2.24) is 10.3 Å². The van der Waals surface area contributed by atoms with E-state index in [4.69, 9.17) is 9.72 Å². The molecule has 3 nitrogen and oxygen atoms in total. The van der Waals surface area contributed by atoms with Crippen LogP contribution in [0.15, 0.2) is 42.6 Å². The summed E-state index contributed by atoms with van der Waals surface area (Å²) in [5, 5.41) is 3.60. The van der Waals surface area contributed by atoms with Gasteiger partial charge in [-0.05, 0) is 80.3 Å². The highest BCUT2D eigenvalue weighted by Gasteiger charge is 2.27. The van der Waals surface area contributed by atoms with Gasteiger partial charge in [-0.2, -0.15) is 0 Å². The normalized spacial score (nSPS) is 18.4. The molecule has 0 saturated heterocycles. The molecule has 1 heterocycles. The third kappa shape index (κ3) is 6.57. The summed E-state index contributed by atoms with van der Waals surface area (Å²) in [6.45, 7) is 4.42. The number of fused-ring (bicyclic) bond motifs is 1. The number of rotatable bonds is 12. The Morgan fingerprint density at radius 3 is 2.76 bits per heavy atom. The summed E-state index contributed by atoms with van der Waals surface area (Å²) in [7, 11) is 1.74. The molecule has 158 valence electrons. The minimum absolute atomic E-state index is 0.594. The summed E-state index contributed by atoms with van der Waals surface area (Å²) in [6.07, 6.45) is 13.5. The number of hydrogen-bond acceptors (Lipinski definition) is 3. The van der Waals surface area contributed by atoms with E-state index in [0.29, 0.717) is 11.8 Å².